The summed E-state index contributed by atoms with van der Waals surface area (Å²) in [4.78, 5) is 12.9. The van der Waals surface area contributed by atoms with E-state index in [4.69, 9.17) is 0 Å². The highest BCUT2D eigenvalue weighted by Gasteiger charge is 2.24. The van der Waals surface area contributed by atoms with Crippen LogP contribution in [0.15, 0.2) is 18.2 Å². The van der Waals surface area contributed by atoms with E-state index in [9.17, 15) is 10.1 Å². The molecule has 0 aliphatic carbocycles. The lowest BCUT2D eigenvalue weighted by molar-refractivity contribution is -0.384. The van der Waals surface area contributed by atoms with Gasteiger partial charge in [-0.2, -0.15) is 0 Å². The van der Waals surface area contributed by atoms with E-state index >= 15 is 0 Å². The van der Waals surface area contributed by atoms with Crippen molar-refractivity contribution in [3.05, 3.63) is 33.9 Å². The second-order valence-electron chi connectivity index (χ2n) is 5.88. The molecule has 0 radical (unpaired) electrons. The Kier molecular flexibility index (Phi) is 4.60. The second kappa shape index (κ2) is 6.22. The number of anilines is 1. The van der Waals surface area contributed by atoms with Crippen LogP contribution < -0.4 is 5.32 Å². The van der Waals surface area contributed by atoms with Gasteiger partial charge in [0.25, 0.3) is 5.69 Å². The first-order chi connectivity index (χ1) is 9.47. The SMILES string of the molecule is Cc1ccc([N+](=O)[O-])cc1NCC1CCN(C(C)C)C1. The fraction of sp³-hybridized carbons (Fsp3) is 0.600. The largest absolute Gasteiger partial charge is 0.384 e. The van der Waals surface area contributed by atoms with Crippen LogP contribution in [-0.2, 0) is 0 Å². The summed E-state index contributed by atoms with van der Waals surface area (Å²) in [6.07, 6.45) is 1.19. The predicted molar refractivity (Wildman–Crippen MR) is 81.1 cm³/mol. The van der Waals surface area contributed by atoms with E-state index in [2.05, 4.69) is 24.1 Å². The maximum atomic E-state index is 10.8. The molecule has 1 saturated heterocycles. The van der Waals surface area contributed by atoms with Crippen LogP contribution in [0.25, 0.3) is 0 Å². The van der Waals surface area contributed by atoms with E-state index in [1.165, 1.54) is 6.42 Å². The minimum Gasteiger partial charge on any atom is -0.384 e. The fourth-order valence-corrected chi connectivity index (χ4v) is 2.67. The van der Waals surface area contributed by atoms with Gasteiger partial charge in [-0.3, -0.25) is 10.1 Å². The van der Waals surface area contributed by atoms with Crippen molar-refractivity contribution in [3.63, 3.8) is 0 Å². The number of hydrogen-bond donors (Lipinski definition) is 1. The second-order valence-corrected chi connectivity index (χ2v) is 5.88. The van der Waals surface area contributed by atoms with Crippen LogP contribution in [-0.4, -0.2) is 35.5 Å². The Morgan fingerprint density at radius 3 is 2.85 bits per heavy atom. The monoisotopic (exact) mass is 277 g/mol. The molecule has 0 spiro atoms. The molecule has 5 nitrogen and oxygen atoms in total. The molecular weight excluding hydrogens is 254 g/mol. The van der Waals surface area contributed by atoms with E-state index in [0.717, 1.165) is 30.9 Å². The summed E-state index contributed by atoms with van der Waals surface area (Å²) in [7, 11) is 0. The molecule has 1 N–H and O–H groups in total. The quantitative estimate of drug-likeness (QED) is 0.664. The molecular formula is C15H23N3O2. The Morgan fingerprint density at radius 2 is 2.25 bits per heavy atom. The topological polar surface area (TPSA) is 58.4 Å². The van der Waals surface area contributed by atoms with Crippen molar-refractivity contribution >= 4 is 11.4 Å². The average molecular weight is 277 g/mol. The van der Waals surface area contributed by atoms with Gasteiger partial charge in [-0.1, -0.05) is 6.07 Å². The molecule has 110 valence electrons. The third-order valence-corrected chi connectivity index (χ3v) is 4.06. The summed E-state index contributed by atoms with van der Waals surface area (Å²) in [6.45, 7) is 9.56. The molecule has 0 amide bonds. The van der Waals surface area contributed by atoms with Crippen molar-refractivity contribution < 1.29 is 4.92 Å². The first kappa shape index (κ1) is 14.8. The number of benzene rings is 1. The molecule has 0 bridgehead atoms. The van der Waals surface area contributed by atoms with Gasteiger partial charge < -0.3 is 10.2 Å². The first-order valence-corrected chi connectivity index (χ1v) is 7.20. The van der Waals surface area contributed by atoms with Crippen molar-refractivity contribution in [2.45, 2.75) is 33.2 Å². The van der Waals surface area contributed by atoms with E-state index in [-0.39, 0.29) is 10.6 Å². The summed E-state index contributed by atoms with van der Waals surface area (Å²) in [5.41, 5.74) is 2.07. The zero-order chi connectivity index (χ0) is 14.7. The maximum Gasteiger partial charge on any atom is 0.271 e. The van der Waals surface area contributed by atoms with Gasteiger partial charge in [0.2, 0.25) is 0 Å². The van der Waals surface area contributed by atoms with Crippen molar-refractivity contribution in [3.8, 4) is 0 Å². The number of hydrogen-bond acceptors (Lipinski definition) is 4. The van der Waals surface area contributed by atoms with Crippen LogP contribution in [0.1, 0.15) is 25.8 Å². The molecule has 1 fully saturated rings. The summed E-state index contributed by atoms with van der Waals surface area (Å²) >= 11 is 0. The third-order valence-electron chi connectivity index (χ3n) is 4.06. The lowest BCUT2D eigenvalue weighted by Crippen LogP contribution is -2.29. The van der Waals surface area contributed by atoms with Crippen molar-refractivity contribution in [2.75, 3.05) is 25.0 Å². The highest BCUT2D eigenvalue weighted by molar-refractivity contribution is 5.56. The number of nitrogens with one attached hydrogen (secondary N) is 1. The molecule has 1 aliphatic heterocycles. The van der Waals surface area contributed by atoms with Gasteiger partial charge in [-0.15, -0.1) is 0 Å². The number of nitro benzene ring substituents is 1. The van der Waals surface area contributed by atoms with Crippen LogP contribution in [0.3, 0.4) is 0 Å². The minimum absolute atomic E-state index is 0.147. The number of nitro groups is 1. The first-order valence-electron chi connectivity index (χ1n) is 7.20. The standard InChI is InChI=1S/C15H23N3O2/c1-11(2)17-7-6-13(10-17)9-16-15-8-14(18(19)20)5-4-12(15)3/h4-5,8,11,13,16H,6-7,9-10H2,1-3H3. The Balaban J connectivity index is 1.94. The molecule has 1 aromatic carbocycles. The van der Waals surface area contributed by atoms with E-state index in [0.29, 0.717) is 12.0 Å². The van der Waals surface area contributed by atoms with E-state index in [1.54, 1.807) is 18.2 Å². The number of nitrogens with zero attached hydrogens (tertiary/aromatic N) is 2. The Bertz CT molecular complexity index is 488. The Hall–Kier alpha value is -1.62. The van der Waals surface area contributed by atoms with Gasteiger partial charge in [0.1, 0.15) is 0 Å². The van der Waals surface area contributed by atoms with Gasteiger partial charge in [0, 0.05) is 37.0 Å². The maximum absolute atomic E-state index is 10.8. The number of rotatable bonds is 5. The number of non-ortho nitro benzene ring substituents is 1. The highest BCUT2D eigenvalue weighted by atomic mass is 16.6. The lowest BCUT2D eigenvalue weighted by atomic mass is 10.1. The van der Waals surface area contributed by atoms with Crippen LogP contribution >= 0.6 is 0 Å². The molecule has 2 rings (SSSR count). The molecule has 20 heavy (non-hydrogen) atoms. The molecule has 1 aromatic rings. The summed E-state index contributed by atoms with van der Waals surface area (Å²) in [5, 5.41) is 14.2. The van der Waals surface area contributed by atoms with E-state index in [1.807, 2.05) is 6.92 Å². The third kappa shape index (κ3) is 3.48. The van der Waals surface area contributed by atoms with Crippen molar-refractivity contribution in [1.82, 2.24) is 4.90 Å². The smallest absolute Gasteiger partial charge is 0.271 e. The molecule has 5 heteroatoms. The summed E-state index contributed by atoms with van der Waals surface area (Å²) in [6, 6.07) is 5.58. The zero-order valence-corrected chi connectivity index (χ0v) is 12.4. The Labute approximate surface area is 120 Å². The lowest BCUT2D eigenvalue weighted by Gasteiger charge is -2.20. The van der Waals surface area contributed by atoms with Gasteiger partial charge in [0.05, 0.1) is 4.92 Å². The zero-order valence-electron chi connectivity index (χ0n) is 12.4. The fourth-order valence-electron chi connectivity index (χ4n) is 2.67. The molecule has 1 heterocycles. The van der Waals surface area contributed by atoms with Crippen LogP contribution in [0.5, 0.6) is 0 Å². The predicted octanol–water partition coefficient (Wildman–Crippen LogP) is 3.05. The van der Waals surface area contributed by atoms with E-state index < -0.39 is 0 Å². The van der Waals surface area contributed by atoms with Gasteiger partial charge in [-0.25, -0.2) is 0 Å². The van der Waals surface area contributed by atoms with Crippen molar-refractivity contribution in [2.24, 2.45) is 5.92 Å². The highest BCUT2D eigenvalue weighted by Crippen LogP contribution is 2.24. The molecule has 1 atom stereocenters. The molecule has 0 saturated carbocycles. The van der Waals surface area contributed by atoms with Crippen LogP contribution in [0.4, 0.5) is 11.4 Å². The summed E-state index contributed by atoms with van der Waals surface area (Å²) in [5.74, 6) is 0.621. The van der Waals surface area contributed by atoms with Crippen LogP contribution in [0, 0.1) is 23.0 Å². The summed E-state index contributed by atoms with van der Waals surface area (Å²) < 4.78 is 0. The molecule has 1 aliphatic rings. The van der Waals surface area contributed by atoms with Crippen molar-refractivity contribution in [1.29, 1.82) is 0 Å². The van der Waals surface area contributed by atoms with Gasteiger partial charge >= 0.3 is 0 Å². The Morgan fingerprint density at radius 1 is 1.50 bits per heavy atom. The number of likely N-dealkylation sites (tertiary alicyclic amines) is 1. The average Bonchev–Trinajstić information content (AvgIpc) is 2.86. The minimum atomic E-state index is -0.347. The normalized spacial score (nSPS) is 19.5. The van der Waals surface area contributed by atoms with Crippen LogP contribution in [0.2, 0.25) is 0 Å². The molecule has 0 aromatic heterocycles. The molecule has 1 unspecified atom stereocenters. The van der Waals surface area contributed by atoms with Gasteiger partial charge in [0.15, 0.2) is 0 Å². The number of aryl methyl sites for hydroxylation is 1. The van der Waals surface area contributed by atoms with Gasteiger partial charge in [-0.05, 0) is 45.2 Å².